The summed E-state index contributed by atoms with van der Waals surface area (Å²) in [6, 6.07) is -0.0750. The van der Waals surface area contributed by atoms with Gasteiger partial charge in [-0.1, -0.05) is 0 Å². The molecule has 86 valence electrons. The number of nitrogens with zero attached hydrogens (tertiary/aromatic N) is 1. The fourth-order valence-electron chi connectivity index (χ4n) is 2.13. The highest BCUT2D eigenvalue weighted by atomic mass is 16.3. The standard InChI is InChI=1S/C10H19N3O2/c14-8-1-5-13(6-2-8)10(15)9-7-11-3-4-12-9/h8-9,11-12,14H,1-7H2. The Balaban J connectivity index is 1.84. The minimum atomic E-state index is -0.216. The molecule has 0 aliphatic carbocycles. The fourth-order valence-corrected chi connectivity index (χ4v) is 2.13. The molecule has 2 aliphatic heterocycles. The molecule has 5 nitrogen and oxygen atoms in total. The van der Waals surface area contributed by atoms with Crippen molar-refractivity contribution < 1.29 is 9.90 Å². The van der Waals surface area contributed by atoms with Gasteiger partial charge in [-0.05, 0) is 12.8 Å². The SMILES string of the molecule is O=C(C1CNCCN1)N1CCC(O)CC1. The van der Waals surface area contributed by atoms with Crippen LogP contribution < -0.4 is 10.6 Å². The summed E-state index contributed by atoms with van der Waals surface area (Å²) in [5, 5.41) is 15.8. The molecule has 2 rings (SSSR count). The van der Waals surface area contributed by atoms with Gasteiger partial charge in [0.25, 0.3) is 0 Å². The number of piperazine rings is 1. The number of likely N-dealkylation sites (tertiary alicyclic amines) is 1. The minimum Gasteiger partial charge on any atom is -0.393 e. The first kappa shape index (κ1) is 10.9. The van der Waals surface area contributed by atoms with Gasteiger partial charge in [-0.3, -0.25) is 4.79 Å². The Hall–Kier alpha value is -0.650. The zero-order valence-electron chi connectivity index (χ0n) is 8.91. The van der Waals surface area contributed by atoms with Crippen molar-refractivity contribution in [3.8, 4) is 0 Å². The molecule has 5 heteroatoms. The lowest BCUT2D eigenvalue weighted by Crippen LogP contribution is -2.57. The van der Waals surface area contributed by atoms with E-state index in [-0.39, 0.29) is 18.1 Å². The number of hydrogen-bond acceptors (Lipinski definition) is 4. The summed E-state index contributed by atoms with van der Waals surface area (Å²) < 4.78 is 0. The van der Waals surface area contributed by atoms with Crippen molar-refractivity contribution in [3.05, 3.63) is 0 Å². The minimum absolute atomic E-state index is 0.0750. The molecular formula is C10H19N3O2. The molecule has 0 saturated carbocycles. The number of carbonyl (C=O) groups excluding carboxylic acids is 1. The lowest BCUT2D eigenvalue weighted by atomic mass is 10.1. The van der Waals surface area contributed by atoms with Crippen molar-refractivity contribution in [2.45, 2.75) is 25.0 Å². The van der Waals surface area contributed by atoms with E-state index < -0.39 is 0 Å². The maximum absolute atomic E-state index is 12.0. The van der Waals surface area contributed by atoms with Crippen LogP contribution in [-0.4, -0.2) is 60.8 Å². The average Bonchev–Trinajstić information content (AvgIpc) is 2.30. The lowest BCUT2D eigenvalue weighted by Gasteiger charge is -2.34. The molecule has 1 atom stereocenters. The highest BCUT2D eigenvalue weighted by Gasteiger charge is 2.28. The molecule has 15 heavy (non-hydrogen) atoms. The van der Waals surface area contributed by atoms with Crippen LogP contribution in [0.4, 0.5) is 0 Å². The van der Waals surface area contributed by atoms with Crippen LogP contribution >= 0.6 is 0 Å². The Kier molecular flexibility index (Phi) is 3.56. The number of aliphatic hydroxyl groups excluding tert-OH is 1. The van der Waals surface area contributed by atoms with Crippen LogP contribution in [0.2, 0.25) is 0 Å². The summed E-state index contributed by atoms with van der Waals surface area (Å²) in [6.45, 7) is 3.89. The first-order valence-electron chi connectivity index (χ1n) is 5.68. The van der Waals surface area contributed by atoms with E-state index in [9.17, 15) is 9.90 Å². The van der Waals surface area contributed by atoms with Crippen LogP contribution in [0, 0.1) is 0 Å². The third-order valence-corrected chi connectivity index (χ3v) is 3.12. The van der Waals surface area contributed by atoms with Gasteiger partial charge < -0.3 is 20.6 Å². The van der Waals surface area contributed by atoms with Crippen molar-refractivity contribution in [2.75, 3.05) is 32.7 Å². The maximum Gasteiger partial charge on any atom is 0.241 e. The summed E-state index contributed by atoms with van der Waals surface area (Å²) in [5.74, 6) is 0.175. The van der Waals surface area contributed by atoms with E-state index in [1.165, 1.54) is 0 Å². The molecule has 0 spiro atoms. The van der Waals surface area contributed by atoms with Crippen LogP contribution in [0.5, 0.6) is 0 Å². The summed E-state index contributed by atoms with van der Waals surface area (Å²) in [6.07, 6.45) is 1.21. The highest BCUT2D eigenvalue weighted by molar-refractivity contribution is 5.82. The third-order valence-electron chi connectivity index (χ3n) is 3.12. The summed E-state index contributed by atoms with van der Waals surface area (Å²) in [4.78, 5) is 13.9. The smallest absolute Gasteiger partial charge is 0.241 e. The van der Waals surface area contributed by atoms with E-state index in [4.69, 9.17) is 0 Å². The Morgan fingerprint density at radius 3 is 2.60 bits per heavy atom. The van der Waals surface area contributed by atoms with Crippen molar-refractivity contribution in [1.29, 1.82) is 0 Å². The van der Waals surface area contributed by atoms with Gasteiger partial charge in [-0.25, -0.2) is 0 Å². The number of piperidine rings is 1. The molecule has 0 bridgehead atoms. The molecule has 2 aliphatic rings. The van der Waals surface area contributed by atoms with Crippen LogP contribution in [0.3, 0.4) is 0 Å². The third kappa shape index (κ3) is 2.68. The Morgan fingerprint density at radius 2 is 2.00 bits per heavy atom. The molecule has 2 fully saturated rings. The van der Waals surface area contributed by atoms with Gasteiger partial charge in [0.15, 0.2) is 0 Å². The van der Waals surface area contributed by atoms with Gasteiger partial charge in [0.1, 0.15) is 0 Å². The Morgan fingerprint density at radius 1 is 1.27 bits per heavy atom. The van der Waals surface area contributed by atoms with Crippen molar-refractivity contribution >= 4 is 5.91 Å². The van der Waals surface area contributed by atoms with E-state index in [0.717, 1.165) is 19.6 Å². The van der Waals surface area contributed by atoms with Crippen LogP contribution in [0.25, 0.3) is 0 Å². The van der Waals surface area contributed by atoms with Crippen molar-refractivity contribution in [1.82, 2.24) is 15.5 Å². The predicted octanol–water partition coefficient (Wildman–Crippen LogP) is -1.47. The number of aliphatic hydroxyl groups is 1. The molecule has 1 unspecified atom stereocenters. The van der Waals surface area contributed by atoms with Crippen LogP contribution in [0.15, 0.2) is 0 Å². The van der Waals surface area contributed by atoms with Crippen molar-refractivity contribution in [3.63, 3.8) is 0 Å². The Bertz CT molecular complexity index is 221. The molecule has 0 aromatic rings. The monoisotopic (exact) mass is 213 g/mol. The summed E-state index contributed by atoms with van der Waals surface area (Å²) >= 11 is 0. The van der Waals surface area contributed by atoms with E-state index in [1.54, 1.807) is 0 Å². The van der Waals surface area contributed by atoms with E-state index >= 15 is 0 Å². The number of rotatable bonds is 1. The first-order chi connectivity index (χ1) is 7.27. The average molecular weight is 213 g/mol. The highest BCUT2D eigenvalue weighted by Crippen LogP contribution is 2.11. The van der Waals surface area contributed by atoms with Gasteiger partial charge in [0, 0.05) is 32.7 Å². The lowest BCUT2D eigenvalue weighted by molar-refractivity contribution is -0.135. The molecular weight excluding hydrogens is 194 g/mol. The molecule has 0 aromatic heterocycles. The molecule has 0 aromatic carbocycles. The Labute approximate surface area is 89.8 Å². The predicted molar refractivity (Wildman–Crippen MR) is 56.5 cm³/mol. The summed E-state index contributed by atoms with van der Waals surface area (Å²) in [7, 11) is 0. The van der Waals surface area contributed by atoms with Crippen molar-refractivity contribution in [2.24, 2.45) is 0 Å². The second-order valence-electron chi connectivity index (χ2n) is 4.27. The van der Waals surface area contributed by atoms with Gasteiger partial charge in [-0.15, -0.1) is 0 Å². The number of hydrogen-bond donors (Lipinski definition) is 3. The van der Waals surface area contributed by atoms with E-state index in [2.05, 4.69) is 10.6 Å². The van der Waals surface area contributed by atoms with Gasteiger partial charge in [-0.2, -0.15) is 0 Å². The number of amides is 1. The number of nitrogens with one attached hydrogen (secondary N) is 2. The zero-order chi connectivity index (χ0) is 10.7. The van der Waals surface area contributed by atoms with E-state index in [0.29, 0.717) is 25.9 Å². The first-order valence-corrected chi connectivity index (χ1v) is 5.68. The largest absolute Gasteiger partial charge is 0.393 e. The van der Waals surface area contributed by atoms with Gasteiger partial charge >= 0.3 is 0 Å². The molecule has 1 amide bonds. The fraction of sp³-hybridized carbons (Fsp3) is 0.900. The molecule has 0 radical (unpaired) electrons. The topological polar surface area (TPSA) is 64.6 Å². The summed E-state index contributed by atoms with van der Waals surface area (Å²) in [5.41, 5.74) is 0. The number of carbonyl (C=O) groups is 1. The van der Waals surface area contributed by atoms with Gasteiger partial charge in [0.2, 0.25) is 5.91 Å². The maximum atomic E-state index is 12.0. The van der Waals surface area contributed by atoms with Crippen LogP contribution in [0.1, 0.15) is 12.8 Å². The second-order valence-corrected chi connectivity index (χ2v) is 4.27. The molecule has 2 saturated heterocycles. The zero-order valence-corrected chi connectivity index (χ0v) is 8.91. The molecule has 3 N–H and O–H groups in total. The quantitative estimate of drug-likeness (QED) is 0.498. The molecule has 2 heterocycles. The van der Waals surface area contributed by atoms with Gasteiger partial charge in [0.05, 0.1) is 12.1 Å². The second kappa shape index (κ2) is 4.92. The van der Waals surface area contributed by atoms with Crippen LogP contribution in [-0.2, 0) is 4.79 Å². The van der Waals surface area contributed by atoms with E-state index in [1.807, 2.05) is 4.90 Å². The normalized spacial score (nSPS) is 29.1.